The Kier molecular flexibility index (Phi) is 6.98. The minimum Gasteiger partial charge on any atom is -0.377 e. The SMILES string of the molecule is CN(C)C1CCN(C(=O)c2ccc(Cl)c(S(=O)(=O)NCC3CCCO3)c2)CC1. The molecule has 2 saturated heterocycles. The van der Waals surface area contributed by atoms with Gasteiger partial charge in [-0.3, -0.25) is 4.79 Å². The van der Waals surface area contributed by atoms with E-state index in [0.717, 1.165) is 25.7 Å². The van der Waals surface area contributed by atoms with Crippen molar-refractivity contribution in [1.82, 2.24) is 14.5 Å². The van der Waals surface area contributed by atoms with E-state index in [2.05, 4.69) is 9.62 Å². The number of nitrogens with one attached hydrogen (secondary N) is 1. The van der Waals surface area contributed by atoms with Gasteiger partial charge in [0, 0.05) is 37.8 Å². The number of nitrogens with zero attached hydrogens (tertiary/aromatic N) is 2. The van der Waals surface area contributed by atoms with Gasteiger partial charge in [-0.15, -0.1) is 0 Å². The van der Waals surface area contributed by atoms with E-state index >= 15 is 0 Å². The quantitative estimate of drug-likeness (QED) is 0.747. The molecule has 2 aliphatic rings. The Labute approximate surface area is 172 Å². The third-order valence-corrected chi connectivity index (χ3v) is 7.38. The molecule has 0 aliphatic carbocycles. The summed E-state index contributed by atoms with van der Waals surface area (Å²) in [6.07, 6.45) is 3.46. The number of carbonyl (C=O) groups is 1. The Morgan fingerprint density at radius 1 is 1.29 bits per heavy atom. The lowest BCUT2D eigenvalue weighted by atomic mass is 10.0. The number of halogens is 1. The van der Waals surface area contributed by atoms with Gasteiger partial charge in [-0.2, -0.15) is 0 Å². The van der Waals surface area contributed by atoms with Gasteiger partial charge in [0.05, 0.1) is 11.1 Å². The van der Waals surface area contributed by atoms with E-state index in [-0.39, 0.29) is 28.5 Å². The third kappa shape index (κ3) is 5.04. The van der Waals surface area contributed by atoms with Crippen molar-refractivity contribution in [2.45, 2.75) is 42.7 Å². The summed E-state index contributed by atoms with van der Waals surface area (Å²) in [6, 6.07) is 4.90. The molecule has 1 amide bonds. The number of hydrogen-bond donors (Lipinski definition) is 1. The molecule has 1 unspecified atom stereocenters. The molecule has 2 heterocycles. The molecule has 1 aromatic carbocycles. The average molecular weight is 430 g/mol. The summed E-state index contributed by atoms with van der Waals surface area (Å²) in [4.78, 5) is 16.8. The first-order valence-corrected chi connectivity index (χ1v) is 11.5. The van der Waals surface area contributed by atoms with Crippen molar-refractivity contribution in [2.75, 3.05) is 40.3 Å². The van der Waals surface area contributed by atoms with Crippen molar-refractivity contribution in [3.05, 3.63) is 28.8 Å². The van der Waals surface area contributed by atoms with Crippen LogP contribution in [0.2, 0.25) is 5.02 Å². The van der Waals surface area contributed by atoms with Crippen molar-refractivity contribution < 1.29 is 17.9 Å². The van der Waals surface area contributed by atoms with Gasteiger partial charge in [-0.1, -0.05) is 11.6 Å². The van der Waals surface area contributed by atoms with Crippen LogP contribution in [0.15, 0.2) is 23.1 Å². The number of ether oxygens (including phenoxy) is 1. The summed E-state index contributed by atoms with van der Waals surface area (Å²) in [5.74, 6) is -0.163. The lowest BCUT2D eigenvalue weighted by Gasteiger charge is -2.35. The van der Waals surface area contributed by atoms with Crippen molar-refractivity contribution in [2.24, 2.45) is 0 Å². The lowest BCUT2D eigenvalue weighted by molar-refractivity contribution is 0.0663. The summed E-state index contributed by atoms with van der Waals surface area (Å²) in [5.41, 5.74) is 0.338. The zero-order chi connectivity index (χ0) is 20.3. The van der Waals surface area contributed by atoms with Crippen LogP contribution in [0.5, 0.6) is 0 Å². The Hall–Kier alpha value is -1.19. The Morgan fingerprint density at radius 3 is 2.61 bits per heavy atom. The van der Waals surface area contributed by atoms with Gasteiger partial charge in [0.25, 0.3) is 5.91 Å². The lowest BCUT2D eigenvalue weighted by Crippen LogP contribution is -2.44. The highest BCUT2D eigenvalue weighted by atomic mass is 35.5. The summed E-state index contributed by atoms with van der Waals surface area (Å²) in [5, 5.41) is 0.0997. The molecule has 7 nitrogen and oxygen atoms in total. The first kappa shape index (κ1) is 21.5. The van der Waals surface area contributed by atoms with Gasteiger partial charge >= 0.3 is 0 Å². The second kappa shape index (κ2) is 9.09. The summed E-state index contributed by atoms with van der Waals surface area (Å²) < 4.78 is 33.4. The fourth-order valence-electron chi connectivity index (χ4n) is 3.70. The van der Waals surface area contributed by atoms with E-state index in [1.54, 1.807) is 11.0 Å². The summed E-state index contributed by atoms with van der Waals surface area (Å²) in [6.45, 7) is 2.17. The van der Waals surface area contributed by atoms with Gasteiger partial charge in [0.1, 0.15) is 4.90 Å². The number of piperidine rings is 1. The molecule has 2 aliphatic heterocycles. The van der Waals surface area contributed by atoms with Crippen LogP contribution in [-0.4, -0.2) is 76.6 Å². The Bertz CT molecular complexity index is 801. The predicted molar refractivity (Wildman–Crippen MR) is 108 cm³/mol. The van der Waals surface area contributed by atoms with Crippen LogP contribution < -0.4 is 4.72 Å². The average Bonchev–Trinajstić information content (AvgIpc) is 3.20. The van der Waals surface area contributed by atoms with Gasteiger partial charge in [0.15, 0.2) is 0 Å². The minimum atomic E-state index is -3.82. The molecule has 156 valence electrons. The smallest absolute Gasteiger partial charge is 0.253 e. The number of likely N-dealkylation sites (tertiary alicyclic amines) is 1. The first-order valence-electron chi connectivity index (χ1n) is 9.64. The highest BCUT2D eigenvalue weighted by molar-refractivity contribution is 7.89. The Morgan fingerprint density at radius 2 is 2.00 bits per heavy atom. The molecule has 0 aromatic heterocycles. The standard InChI is InChI=1S/C19H28ClN3O4S/c1-22(2)15-7-9-23(10-8-15)19(24)14-5-6-17(20)18(12-14)28(25,26)21-13-16-4-3-11-27-16/h5-6,12,15-16,21H,3-4,7-11,13H2,1-2H3. The van der Waals surface area contributed by atoms with Crippen molar-refractivity contribution in [3.63, 3.8) is 0 Å². The highest BCUT2D eigenvalue weighted by Crippen LogP contribution is 2.25. The molecule has 1 atom stereocenters. The predicted octanol–water partition coefficient (Wildman–Crippen LogP) is 1.96. The van der Waals surface area contributed by atoms with Crippen LogP contribution in [0.25, 0.3) is 0 Å². The molecule has 0 saturated carbocycles. The molecular weight excluding hydrogens is 402 g/mol. The van der Waals surface area contributed by atoms with Gasteiger partial charge in [-0.25, -0.2) is 13.1 Å². The van der Waals surface area contributed by atoms with Crippen LogP contribution in [0, 0.1) is 0 Å². The fourth-order valence-corrected chi connectivity index (χ4v) is 5.29. The maximum atomic E-state index is 12.9. The normalized spacial score (nSPS) is 21.4. The number of hydrogen-bond acceptors (Lipinski definition) is 5. The van der Waals surface area contributed by atoms with E-state index in [1.807, 2.05) is 14.1 Å². The minimum absolute atomic E-state index is 0.0683. The molecule has 28 heavy (non-hydrogen) atoms. The van der Waals surface area contributed by atoms with Crippen LogP contribution in [0.4, 0.5) is 0 Å². The van der Waals surface area contributed by atoms with E-state index in [4.69, 9.17) is 16.3 Å². The molecule has 0 radical (unpaired) electrons. The monoisotopic (exact) mass is 429 g/mol. The van der Waals surface area contributed by atoms with E-state index in [1.165, 1.54) is 12.1 Å². The molecule has 1 aromatic rings. The molecule has 3 rings (SSSR count). The second-order valence-electron chi connectivity index (χ2n) is 7.62. The summed E-state index contributed by atoms with van der Waals surface area (Å²) in [7, 11) is 0.263. The van der Waals surface area contributed by atoms with Gasteiger partial charge in [0.2, 0.25) is 10.0 Å². The third-order valence-electron chi connectivity index (χ3n) is 5.47. The number of amides is 1. The number of carbonyl (C=O) groups excluding carboxylic acids is 1. The number of benzene rings is 1. The zero-order valence-electron chi connectivity index (χ0n) is 16.4. The Balaban J connectivity index is 1.71. The fraction of sp³-hybridized carbons (Fsp3) is 0.632. The van der Waals surface area contributed by atoms with Crippen LogP contribution in [0.1, 0.15) is 36.0 Å². The highest BCUT2D eigenvalue weighted by Gasteiger charge is 2.27. The number of sulfonamides is 1. The van der Waals surface area contributed by atoms with Crippen molar-refractivity contribution in [1.29, 1.82) is 0 Å². The second-order valence-corrected chi connectivity index (χ2v) is 9.76. The van der Waals surface area contributed by atoms with Crippen molar-refractivity contribution >= 4 is 27.5 Å². The van der Waals surface area contributed by atoms with E-state index < -0.39 is 10.0 Å². The maximum absolute atomic E-state index is 12.9. The first-order chi connectivity index (χ1) is 13.3. The van der Waals surface area contributed by atoms with E-state index in [9.17, 15) is 13.2 Å². The molecular formula is C19H28ClN3O4S. The maximum Gasteiger partial charge on any atom is 0.253 e. The molecule has 9 heteroatoms. The molecule has 1 N–H and O–H groups in total. The molecule has 0 bridgehead atoms. The van der Waals surface area contributed by atoms with E-state index in [0.29, 0.717) is 31.3 Å². The molecule has 0 spiro atoms. The van der Waals surface area contributed by atoms with Gasteiger partial charge in [-0.05, 0) is 58.0 Å². The largest absolute Gasteiger partial charge is 0.377 e. The zero-order valence-corrected chi connectivity index (χ0v) is 17.9. The number of rotatable bonds is 6. The van der Waals surface area contributed by atoms with Crippen molar-refractivity contribution in [3.8, 4) is 0 Å². The van der Waals surface area contributed by atoms with Crippen LogP contribution >= 0.6 is 11.6 Å². The van der Waals surface area contributed by atoms with Crippen LogP contribution in [0.3, 0.4) is 0 Å². The van der Waals surface area contributed by atoms with Gasteiger partial charge < -0.3 is 14.5 Å². The van der Waals surface area contributed by atoms with Crippen LogP contribution in [-0.2, 0) is 14.8 Å². The molecule has 2 fully saturated rings. The summed E-state index contributed by atoms with van der Waals surface area (Å²) >= 11 is 6.14. The topological polar surface area (TPSA) is 79.0 Å².